The third-order valence-electron chi connectivity index (χ3n) is 4.17. The molecule has 0 aliphatic carbocycles. The smallest absolute Gasteiger partial charge is 0.237 e. The second-order valence-electron chi connectivity index (χ2n) is 5.83. The largest absolute Gasteiger partial charge is 0.368 e. The second-order valence-corrected chi connectivity index (χ2v) is 5.83. The molecule has 4 N–H and O–H groups in total. The molecule has 1 aliphatic rings. The first kappa shape index (κ1) is 15.4. The van der Waals surface area contributed by atoms with Crippen molar-refractivity contribution in [3.8, 4) is 0 Å². The Kier molecular flexibility index (Phi) is 6.09. The lowest BCUT2D eigenvalue weighted by Gasteiger charge is -2.30. The van der Waals surface area contributed by atoms with Gasteiger partial charge in [-0.05, 0) is 52.1 Å². The Balaban J connectivity index is 2.38. The van der Waals surface area contributed by atoms with Crippen molar-refractivity contribution in [2.45, 2.75) is 70.4 Å². The summed E-state index contributed by atoms with van der Waals surface area (Å²) in [7, 11) is 0. The Morgan fingerprint density at radius 2 is 2.11 bits per heavy atom. The zero-order chi connectivity index (χ0) is 13.6. The lowest BCUT2D eigenvalue weighted by molar-refractivity contribution is -0.122. The van der Waals surface area contributed by atoms with Crippen LogP contribution in [0.4, 0.5) is 0 Å². The van der Waals surface area contributed by atoms with Crippen molar-refractivity contribution in [3.63, 3.8) is 0 Å². The van der Waals surface area contributed by atoms with Crippen LogP contribution < -0.4 is 11.5 Å². The molecule has 0 aromatic rings. The molecule has 106 valence electrons. The van der Waals surface area contributed by atoms with Crippen molar-refractivity contribution < 1.29 is 4.79 Å². The number of carbonyl (C=O) groups excluding carboxylic acids is 1. The van der Waals surface area contributed by atoms with Crippen LogP contribution in [0.15, 0.2) is 0 Å². The number of hydrogen-bond acceptors (Lipinski definition) is 3. The van der Waals surface area contributed by atoms with Gasteiger partial charge in [0.1, 0.15) is 0 Å². The molecule has 0 bridgehead atoms. The summed E-state index contributed by atoms with van der Waals surface area (Å²) >= 11 is 0. The van der Waals surface area contributed by atoms with Gasteiger partial charge >= 0.3 is 0 Å². The fourth-order valence-electron chi connectivity index (χ4n) is 2.77. The van der Waals surface area contributed by atoms with E-state index in [-0.39, 0.29) is 0 Å². The van der Waals surface area contributed by atoms with E-state index >= 15 is 0 Å². The zero-order valence-corrected chi connectivity index (χ0v) is 12.0. The molecule has 2 unspecified atom stereocenters. The maximum Gasteiger partial charge on any atom is 0.237 e. The maximum atomic E-state index is 11.2. The van der Waals surface area contributed by atoms with Crippen molar-refractivity contribution >= 4 is 5.91 Å². The van der Waals surface area contributed by atoms with Gasteiger partial charge in [-0.3, -0.25) is 4.79 Å². The van der Waals surface area contributed by atoms with E-state index in [1.54, 1.807) is 6.92 Å². The van der Waals surface area contributed by atoms with E-state index in [0.29, 0.717) is 12.5 Å². The van der Waals surface area contributed by atoms with Crippen molar-refractivity contribution in [1.82, 2.24) is 4.90 Å². The van der Waals surface area contributed by atoms with Crippen molar-refractivity contribution in [3.05, 3.63) is 0 Å². The minimum atomic E-state index is -0.854. The Morgan fingerprint density at radius 3 is 2.72 bits per heavy atom. The summed E-state index contributed by atoms with van der Waals surface area (Å²) in [5.74, 6) is -0.398. The Hall–Kier alpha value is -0.610. The molecular formula is C14H29N3O. The van der Waals surface area contributed by atoms with Crippen LogP contribution in [0.2, 0.25) is 0 Å². The third kappa shape index (κ3) is 4.58. The molecule has 2 atom stereocenters. The Bertz CT molecular complexity index is 266. The first-order valence-electron chi connectivity index (χ1n) is 7.30. The average Bonchev–Trinajstić information content (AvgIpc) is 2.53. The number of nitrogens with two attached hydrogens (primary N) is 2. The van der Waals surface area contributed by atoms with Crippen molar-refractivity contribution in [2.24, 2.45) is 11.5 Å². The molecule has 1 heterocycles. The van der Waals surface area contributed by atoms with E-state index in [2.05, 4.69) is 11.8 Å². The summed E-state index contributed by atoms with van der Waals surface area (Å²) in [5, 5.41) is 0. The molecule has 1 amide bonds. The lowest BCUT2D eigenvalue weighted by Crippen LogP contribution is -2.49. The number of hydrogen-bond donors (Lipinski definition) is 2. The molecule has 0 spiro atoms. The molecule has 0 aromatic heterocycles. The Labute approximate surface area is 111 Å². The van der Waals surface area contributed by atoms with E-state index in [9.17, 15) is 4.79 Å². The fourth-order valence-corrected chi connectivity index (χ4v) is 2.77. The summed E-state index contributed by atoms with van der Waals surface area (Å²) < 4.78 is 0. The predicted molar refractivity (Wildman–Crippen MR) is 75.1 cm³/mol. The SMILES string of the molecule is CCC1CCCCCN1CCCC(C)(N)C(N)=O. The van der Waals surface area contributed by atoms with Gasteiger partial charge in [-0.1, -0.05) is 19.8 Å². The average molecular weight is 255 g/mol. The molecule has 1 saturated heterocycles. The van der Waals surface area contributed by atoms with Crippen LogP contribution in [0.3, 0.4) is 0 Å². The van der Waals surface area contributed by atoms with Gasteiger partial charge in [-0.15, -0.1) is 0 Å². The lowest BCUT2D eigenvalue weighted by atomic mass is 9.96. The molecular weight excluding hydrogens is 226 g/mol. The van der Waals surface area contributed by atoms with Gasteiger partial charge in [0.2, 0.25) is 5.91 Å². The summed E-state index contributed by atoms with van der Waals surface area (Å²) in [6.45, 7) is 6.23. The highest BCUT2D eigenvalue weighted by atomic mass is 16.1. The molecule has 0 saturated carbocycles. The Morgan fingerprint density at radius 1 is 1.39 bits per heavy atom. The fraction of sp³-hybridized carbons (Fsp3) is 0.929. The standard InChI is InChI=1S/C14H29N3O/c1-3-12-8-5-4-6-10-17(12)11-7-9-14(2,16)13(15)18/h12H,3-11,16H2,1-2H3,(H2,15,18). The molecule has 1 rings (SSSR count). The van der Waals surface area contributed by atoms with Crippen LogP contribution in [-0.4, -0.2) is 35.5 Å². The van der Waals surface area contributed by atoms with Gasteiger partial charge in [0, 0.05) is 6.04 Å². The first-order valence-corrected chi connectivity index (χ1v) is 7.30. The molecule has 0 aromatic carbocycles. The highest BCUT2D eigenvalue weighted by Gasteiger charge is 2.26. The predicted octanol–water partition coefficient (Wildman–Crippen LogP) is 1.62. The minimum Gasteiger partial charge on any atom is -0.368 e. The number of amides is 1. The van der Waals surface area contributed by atoms with Crippen molar-refractivity contribution in [2.75, 3.05) is 13.1 Å². The van der Waals surface area contributed by atoms with Crippen LogP contribution >= 0.6 is 0 Å². The molecule has 18 heavy (non-hydrogen) atoms. The van der Waals surface area contributed by atoms with Gasteiger partial charge in [-0.2, -0.15) is 0 Å². The van der Waals surface area contributed by atoms with Crippen molar-refractivity contribution in [1.29, 1.82) is 0 Å². The maximum absolute atomic E-state index is 11.2. The summed E-state index contributed by atoms with van der Waals surface area (Å²) in [5.41, 5.74) is 10.3. The van der Waals surface area contributed by atoms with Gasteiger partial charge in [0.05, 0.1) is 5.54 Å². The number of likely N-dealkylation sites (tertiary alicyclic amines) is 1. The van der Waals surface area contributed by atoms with Gasteiger partial charge in [0.15, 0.2) is 0 Å². The number of rotatable bonds is 6. The van der Waals surface area contributed by atoms with Crippen LogP contribution in [0.1, 0.15) is 58.8 Å². The van der Waals surface area contributed by atoms with Crippen LogP contribution in [0, 0.1) is 0 Å². The van der Waals surface area contributed by atoms with Crippen LogP contribution in [0.25, 0.3) is 0 Å². The van der Waals surface area contributed by atoms with E-state index in [4.69, 9.17) is 11.5 Å². The molecule has 1 aliphatic heterocycles. The second kappa shape index (κ2) is 7.10. The molecule has 0 radical (unpaired) electrons. The monoisotopic (exact) mass is 255 g/mol. The van der Waals surface area contributed by atoms with Crippen LogP contribution in [0.5, 0.6) is 0 Å². The van der Waals surface area contributed by atoms with Gasteiger partial charge < -0.3 is 16.4 Å². The van der Waals surface area contributed by atoms with E-state index in [1.165, 1.54) is 38.6 Å². The number of carbonyl (C=O) groups is 1. The quantitative estimate of drug-likeness (QED) is 0.757. The van der Waals surface area contributed by atoms with E-state index in [0.717, 1.165) is 13.0 Å². The summed E-state index contributed by atoms with van der Waals surface area (Å²) in [6.07, 6.45) is 8.16. The van der Waals surface area contributed by atoms with E-state index < -0.39 is 11.4 Å². The van der Waals surface area contributed by atoms with Gasteiger partial charge in [-0.25, -0.2) is 0 Å². The topological polar surface area (TPSA) is 72.3 Å². The van der Waals surface area contributed by atoms with E-state index in [1.807, 2.05) is 0 Å². The summed E-state index contributed by atoms with van der Waals surface area (Å²) in [6, 6.07) is 0.713. The number of primary amides is 1. The highest BCUT2D eigenvalue weighted by molar-refractivity contribution is 5.83. The molecule has 4 heteroatoms. The zero-order valence-electron chi connectivity index (χ0n) is 12.0. The molecule has 1 fully saturated rings. The summed E-state index contributed by atoms with van der Waals surface area (Å²) in [4.78, 5) is 13.7. The van der Waals surface area contributed by atoms with Crippen LogP contribution in [-0.2, 0) is 4.79 Å². The first-order chi connectivity index (χ1) is 8.47. The third-order valence-corrected chi connectivity index (χ3v) is 4.17. The normalized spacial score (nSPS) is 25.4. The van der Waals surface area contributed by atoms with Gasteiger partial charge in [0.25, 0.3) is 0 Å². The number of nitrogens with zero attached hydrogens (tertiary/aromatic N) is 1. The minimum absolute atomic E-state index is 0.398. The highest BCUT2D eigenvalue weighted by Crippen LogP contribution is 2.20. The molecule has 4 nitrogen and oxygen atoms in total.